The summed E-state index contributed by atoms with van der Waals surface area (Å²) in [7, 11) is 1.32. The van der Waals surface area contributed by atoms with Crippen molar-refractivity contribution in [1.82, 2.24) is 15.3 Å². The molecule has 0 saturated carbocycles. The Morgan fingerprint density at radius 2 is 1.88 bits per heavy atom. The lowest BCUT2D eigenvalue weighted by molar-refractivity contribution is 0.0601. The number of para-hydroxylation sites is 1. The lowest BCUT2D eigenvalue weighted by Crippen LogP contribution is -2.31. The Labute approximate surface area is 140 Å². The molecule has 1 aromatic heterocycles. The zero-order valence-electron chi connectivity index (χ0n) is 14.1. The summed E-state index contributed by atoms with van der Waals surface area (Å²) in [5, 5.41) is 5.76. The predicted octanol–water partition coefficient (Wildman–Crippen LogP) is 2.45. The molecule has 0 atom stereocenters. The number of benzene rings is 1. The summed E-state index contributed by atoms with van der Waals surface area (Å²) in [6.07, 6.45) is 0. The third kappa shape index (κ3) is 4.28. The molecule has 0 aliphatic carbocycles. The fourth-order valence-electron chi connectivity index (χ4n) is 2.08. The van der Waals surface area contributed by atoms with Crippen LogP contribution < -0.4 is 10.6 Å². The normalized spacial score (nSPS) is 10.4. The standard InChI is InChI=1S/C17H20N4O3/c1-10(2)18-15(22)14-9-11(3)19-17(21-14)20-13-8-6-5-7-12(13)16(23)24-4/h5-10H,1-4H3,(H,18,22)(H,19,20,21). The van der Waals surface area contributed by atoms with Crippen LogP contribution in [0.25, 0.3) is 0 Å². The van der Waals surface area contributed by atoms with E-state index in [1.807, 2.05) is 13.8 Å². The van der Waals surface area contributed by atoms with Crippen molar-refractivity contribution in [3.05, 3.63) is 47.3 Å². The number of anilines is 2. The van der Waals surface area contributed by atoms with Crippen molar-refractivity contribution in [1.29, 1.82) is 0 Å². The fraction of sp³-hybridized carbons (Fsp3) is 0.294. The number of ether oxygens (including phenoxy) is 1. The molecule has 7 heteroatoms. The number of methoxy groups -OCH3 is 1. The monoisotopic (exact) mass is 328 g/mol. The molecular weight excluding hydrogens is 308 g/mol. The van der Waals surface area contributed by atoms with Crippen LogP contribution in [-0.4, -0.2) is 35.0 Å². The van der Waals surface area contributed by atoms with Gasteiger partial charge in [0.1, 0.15) is 5.69 Å². The second-order valence-corrected chi connectivity index (χ2v) is 5.51. The summed E-state index contributed by atoms with van der Waals surface area (Å²) in [6.45, 7) is 5.51. The van der Waals surface area contributed by atoms with Gasteiger partial charge in [0, 0.05) is 11.7 Å². The molecule has 1 amide bonds. The Hall–Kier alpha value is -2.96. The van der Waals surface area contributed by atoms with Crippen LogP contribution in [0.5, 0.6) is 0 Å². The Morgan fingerprint density at radius 3 is 2.54 bits per heavy atom. The first-order valence-corrected chi connectivity index (χ1v) is 7.51. The van der Waals surface area contributed by atoms with Crippen molar-refractivity contribution >= 4 is 23.5 Å². The van der Waals surface area contributed by atoms with Crippen molar-refractivity contribution in [2.24, 2.45) is 0 Å². The van der Waals surface area contributed by atoms with Crippen molar-refractivity contribution < 1.29 is 14.3 Å². The van der Waals surface area contributed by atoms with E-state index in [1.54, 1.807) is 37.3 Å². The highest BCUT2D eigenvalue weighted by Crippen LogP contribution is 2.20. The average molecular weight is 328 g/mol. The second kappa shape index (κ2) is 7.54. The molecule has 0 saturated heterocycles. The lowest BCUT2D eigenvalue weighted by atomic mass is 10.2. The largest absolute Gasteiger partial charge is 0.465 e. The summed E-state index contributed by atoms with van der Waals surface area (Å²) in [6, 6.07) is 8.47. The van der Waals surface area contributed by atoms with Gasteiger partial charge in [-0.25, -0.2) is 14.8 Å². The summed E-state index contributed by atoms with van der Waals surface area (Å²) in [4.78, 5) is 32.4. The highest BCUT2D eigenvalue weighted by molar-refractivity contribution is 5.96. The summed E-state index contributed by atoms with van der Waals surface area (Å²) in [5.74, 6) is -0.511. The number of amides is 1. The number of hydrogen-bond donors (Lipinski definition) is 2. The minimum Gasteiger partial charge on any atom is -0.465 e. The minimum absolute atomic E-state index is 0.00392. The van der Waals surface area contributed by atoms with E-state index in [2.05, 4.69) is 20.6 Å². The Morgan fingerprint density at radius 1 is 1.17 bits per heavy atom. The molecule has 1 aromatic carbocycles. The first-order chi connectivity index (χ1) is 11.4. The topological polar surface area (TPSA) is 93.2 Å². The summed E-state index contributed by atoms with van der Waals surface area (Å²) in [5.41, 5.74) is 1.76. The van der Waals surface area contributed by atoms with Crippen molar-refractivity contribution in [3.63, 3.8) is 0 Å². The van der Waals surface area contributed by atoms with Gasteiger partial charge in [-0.1, -0.05) is 12.1 Å². The summed E-state index contributed by atoms with van der Waals surface area (Å²) < 4.78 is 4.76. The van der Waals surface area contributed by atoms with Crippen LogP contribution in [0.2, 0.25) is 0 Å². The molecule has 0 spiro atoms. The van der Waals surface area contributed by atoms with Gasteiger partial charge in [-0.15, -0.1) is 0 Å². The average Bonchev–Trinajstić information content (AvgIpc) is 2.53. The van der Waals surface area contributed by atoms with E-state index in [9.17, 15) is 9.59 Å². The smallest absolute Gasteiger partial charge is 0.339 e. The van der Waals surface area contributed by atoms with Gasteiger partial charge < -0.3 is 15.4 Å². The van der Waals surface area contributed by atoms with Gasteiger partial charge in [0.25, 0.3) is 5.91 Å². The van der Waals surface area contributed by atoms with Crippen LogP contribution in [0.3, 0.4) is 0 Å². The van der Waals surface area contributed by atoms with E-state index in [4.69, 9.17) is 4.74 Å². The van der Waals surface area contributed by atoms with Gasteiger partial charge in [-0.3, -0.25) is 4.79 Å². The molecule has 126 valence electrons. The van der Waals surface area contributed by atoms with Gasteiger partial charge in [0.2, 0.25) is 5.95 Å². The van der Waals surface area contributed by atoms with Crippen LogP contribution in [0.4, 0.5) is 11.6 Å². The van der Waals surface area contributed by atoms with E-state index >= 15 is 0 Å². The maximum absolute atomic E-state index is 12.1. The Kier molecular flexibility index (Phi) is 5.47. The highest BCUT2D eigenvalue weighted by atomic mass is 16.5. The minimum atomic E-state index is -0.469. The van der Waals surface area contributed by atoms with Crippen molar-refractivity contribution in [2.45, 2.75) is 26.8 Å². The zero-order chi connectivity index (χ0) is 17.7. The number of esters is 1. The fourth-order valence-corrected chi connectivity index (χ4v) is 2.08. The number of aromatic nitrogens is 2. The molecule has 0 radical (unpaired) electrons. The number of aryl methyl sites for hydroxylation is 1. The second-order valence-electron chi connectivity index (χ2n) is 5.51. The maximum atomic E-state index is 12.1. The van der Waals surface area contributed by atoms with E-state index in [-0.39, 0.29) is 23.6 Å². The van der Waals surface area contributed by atoms with Gasteiger partial charge >= 0.3 is 5.97 Å². The molecule has 2 rings (SSSR count). The molecule has 0 aliphatic heterocycles. The number of nitrogens with zero attached hydrogens (tertiary/aromatic N) is 2. The quantitative estimate of drug-likeness (QED) is 0.819. The van der Waals surface area contributed by atoms with Gasteiger partial charge in [-0.05, 0) is 39.0 Å². The van der Waals surface area contributed by atoms with E-state index < -0.39 is 5.97 Å². The van der Waals surface area contributed by atoms with Gasteiger partial charge in [0.15, 0.2) is 0 Å². The van der Waals surface area contributed by atoms with Crippen LogP contribution in [0.1, 0.15) is 40.4 Å². The molecular formula is C17H20N4O3. The molecule has 0 fully saturated rings. The molecule has 0 aliphatic rings. The third-order valence-electron chi connectivity index (χ3n) is 3.09. The van der Waals surface area contributed by atoms with Crippen molar-refractivity contribution in [3.8, 4) is 0 Å². The Balaban J connectivity index is 2.33. The molecule has 0 unspecified atom stereocenters. The van der Waals surface area contributed by atoms with Gasteiger partial charge in [-0.2, -0.15) is 0 Å². The summed E-state index contributed by atoms with van der Waals surface area (Å²) >= 11 is 0. The molecule has 7 nitrogen and oxygen atoms in total. The SMILES string of the molecule is COC(=O)c1ccccc1Nc1nc(C)cc(C(=O)NC(C)C)n1. The Bertz CT molecular complexity index is 759. The first-order valence-electron chi connectivity index (χ1n) is 7.51. The number of nitrogens with one attached hydrogen (secondary N) is 2. The van der Waals surface area contributed by atoms with E-state index in [0.717, 1.165) is 0 Å². The van der Waals surface area contributed by atoms with Crippen molar-refractivity contribution in [2.75, 3.05) is 12.4 Å². The predicted molar refractivity (Wildman–Crippen MR) is 90.4 cm³/mol. The lowest BCUT2D eigenvalue weighted by Gasteiger charge is -2.12. The third-order valence-corrected chi connectivity index (χ3v) is 3.09. The van der Waals surface area contributed by atoms with E-state index in [0.29, 0.717) is 16.9 Å². The molecule has 2 N–H and O–H groups in total. The first kappa shape index (κ1) is 17.4. The molecule has 2 aromatic rings. The van der Waals surface area contributed by atoms with Crippen LogP contribution >= 0.6 is 0 Å². The number of hydrogen-bond acceptors (Lipinski definition) is 6. The number of rotatable bonds is 5. The van der Waals surface area contributed by atoms with Crippen LogP contribution in [0, 0.1) is 6.92 Å². The van der Waals surface area contributed by atoms with Gasteiger partial charge in [0.05, 0.1) is 18.4 Å². The van der Waals surface area contributed by atoms with Crippen LogP contribution in [0.15, 0.2) is 30.3 Å². The molecule has 1 heterocycles. The number of carbonyl (C=O) groups excluding carboxylic acids is 2. The molecule has 24 heavy (non-hydrogen) atoms. The maximum Gasteiger partial charge on any atom is 0.339 e. The highest BCUT2D eigenvalue weighted by Gasteiger charge is 2.15. The van der Waals surface area contributed by atoms with E-state index in [1.165, 1.54) is 7.11 Å². The molecule has 0 bridgehead atoms. The van der Waals surface area contributed by atoms with Crippen LogP contribution in [-0.2, 0) is 4.74 Å². The zero-order valence-corrected chi connectivity index (χ0v) is 14.1. The number of carbonyl (C=O) groups is 2.